The molecule has 7 nitrogen and oxygen atoms in total. The van der Waals surface area contributed by atoms with E-state index in [0.717, 1.165) is 0 Å². The van der Waals surface area contributed by atoms with Crippen LogP contribution >= 0.6 is 0 Å². The molecule has 0 radical (unpaired) electrons. The van der Waals surface area contributed by atoms with Crippen LogP contribution < -0.4 is 19.5 Å². The van der Waals surface area contributed by atoms with Crippen LogP contribution in [0.15, 0.2) is 18.2 Å². The summed E-state index contributed by atoms with van der Waals surface area (Å²) in [6.45, 7) is -0.134. The predicted octanol–water partition coefficient (Wildman–Crippen LogP) is -0.106. The van der Waals surface area contributed by atoms with Gasteiger partial charge in [0.15, 0.2) is 12.4 Å². The molecule has 3 N–H and O–H groups in total. The number of anilines is 2. The van der Waals surface area contributed by atoms with Crippen LogP contribution in [-0.2, 0) is 15.0 Å². The third-order valence-electron chi connectivity index (χ3n) is 2.15. The molecule has 0 saturated carbocycles. The molecule has 0 fully saturated rings. The number of ether oxygens (including phenoxy) is 1. The molecule has 1 aliphatic heterocycles. The smallest absolute Gasteiger partial charge is 0.298 e. The Hall–Kier alpha value is -1.80. The number of hydrogen-bond donors (Lipinski definition) is 3. The highest BCUT2D eigenvalue weighted by atomic mass is 32.2. The van der Waals surface area contributed by atoms with E-state index in [1.807, 2.05) is 0 Å². The van der Waals surface area contributed by atoms with Gasteiger partial charge in [0.25, 0.3) is 16.1 Å². The van der Waals surface area contributed by atoms with E-state index >= 15 is 0 Å². The van der Waals surface area contributed by atoms with Crippen LogP contribution in [-0.4, -0.2) is 28.0 Å². The van der Waals surface area contributed by atoms with Gasteiger partial charge in [-0.25, -0.2) is 4.72 Å². The van der Waals surface area contributed by atoms with Crippen molar-refractivity contribution in [3.63, 3.8) is 0 Å². The number of benzene rings is 1. The molecule has 1 aromatic carbocycles. The molecule has 0 saturated heterocycles. The van der Waals surface area contributed by atoms with E-state index in [4.69, 9.17) is 4.74 Å². The molecule has 2 rings (SSSR count). The van der Waals surface area contributed by atoms with Crippen molar-refractivity contribution in [3.8, 4) is 5.75 Å². The van der Waals surface area contributed by atoms with E-state index in [2.05, 4.69) is 14.8 Å². The minimum absolute atomic E-state index is 0.134. The fourth-order valence-electron chi connectivity index (χ4n) is 1.39. The predicted molar refractivity (Wildman–Crippen MR) is 62.2 cm³/mol. The van der Waals surface area contributed by atoms with Crippen molar-refractivity contribution in [1.29, 1.82) is 0 Å². The van der Waals surface area contributed by atoms with Crippen molar-refractivity contribution < 1.29 is 17.9 Å². The van der Waals surface area contributed by atoms with E-state index in [1.54, 1.807) is 18.2 Å². The quantitative estimate of drug-likeness (QED) is 0.704. The molecule has 1 aliphatic rings. The molecule has 1 heterocycles. The maximum atomic E-state index is 11.4. The Kier molecular flexibility index (Phi) is 2.90. The van der Waals surface area contributed by atoms with Crippen molar-refractivity contribution in [3.05, 3.63) is 18.2 Å². The number of para-hydroxylation sites is 1. The zero-order valence-corrected chi connectivity index (χ0v) is 9.80. The van der Waals surface area contributed by atoms with Crippen molar-refractivity contribution in [2.24, 2.45) is 0 Å². The Morgan fingerprint density at radius 2 is 2.18 bits per heavy atom. The van der Waals surface area contributed by atoms with E-state index in [1.165, 1.54) is 7.05 Å². The van der Waals surface area contributed by atoms with E-state index < -0.39 is 10.2 Å². The summed E-state index contributed by atoms with van der Waals surface area (Å²) in [6, 6.07) is 4.79. The number of fused-ring (bicyclic) bond motifs is 1. The molecule has 0 atom stereocenters. The molecule has 1 aromatic rings. The highest BCUT2D eigenvalue weighted by molar-refractivity contribution is 7.90. The van der Waals surface area contributed by atoms with Crippen molar-refractivity contribution in [2.75, 3.05) is 23.7 Å². The molecule has 0 bridgehead atoms. The lowest BCUT2D eigenvalue weighted by atomic mass is 10.2. The highest BCUT2D eigenvalue weighted by Gasteiger charge is 2.20. The number of amides is 1. The van der Waals surface area contributed by atoms with Crippen LogP contribution in [0, 0.1) is 0 Å². The van der Waals surface area contributed by atoms with Crippen LogP contribution in [0.3, 0.4) is 0 Å². The zero-order chi connectivity index (χ0) is 12.5. The third-order valence-corrected chi connectivity index (χ3v) is 3.18. The summed E-state index contributed by atoms with van der Waals surface area (Å²) in [5.41, 5.74) is 0.717. The number of hydrogen-bond acceptors (Lipinski definition) is 4. The lowest BCUT2D eigenvalue weighted by Crippen LogP contribution is -2.29. The summed E-state index contributed by atoms with van der Waals surface area (Å²) < 4.78 is 32.3. The van der Waals surface area contributed by atoms with Crippen molar-refractivity contribution in [1.82, 2.24) is 4.72 Å². The maximum absolute atomic E-state index is 11.4. The van der Waals surface area contributed by atoms with Gasteiger partial charge in [0.05, 0.1) is 11.4 Å². The van der Waals surface area contributed by atoms with E-state index in [9.17, 15) is 13.2 Å². The van der Waals surface area contributed by atoms with Crippen LogP contribution in [0.1, 0.15) is 0 Å². The second-order valence-electron chi connectivity index (χ2n) is 3.33. The number of nitrogens with one attached hydrogen (secondary N) is 3. The Morgan fingerprint density at radius 3 is 2.88 bits per heavy atom. The summed E-state index contributed by atoms with van der Waals surface area (Å²) in [6.07, 6.45) is 0. The second-order valence-corrected chi connectivity index (χ2v) is 4.95. The Balaban J connectivity index is 2.37. The summed E-state index contributed by atoms with van der Waals surface area (Å²) in [4.78, 5) is 11.1. The van der Waals surface area contributed by atoms with E-state index in [-0.39, 0.29) is 18.2 Å². The average Bonchev–Trinajstić information content (AvgIpc) is 2.28. The average molecular weight is 257 g/mol. The van der Waals surface area contributed by atoms with Crippen LogP contribution in [0.2, 0.25) is 0 Å². The first-order valence-electron chi connectivity index (χ1n) is 4.79. The fraction of sp³-hybridized carbons (Fsp3) is 0.222. The second kappa shape index (κ2) is 4.22. The molecule has 1 amide bonds. The first-order chi connectivity index (χ1) is 8.02. The lowest BCUT2D eigenvalue weighted by Gasteiger charge is -2.20. The van der Waals surface area contributed by atoms with Gasteiger partial charge in [-0.1, -0.05) is 6.07 Å². The van der Waals surface area contributed by atoms with Gasteiger partial charge < -0.3 is 10.1 Å². The SMILES string of the molecule is CNS(=O)(=O)Nc1cccc2c1OCC(=O)N2. The van der Waals surface area contributed by atoms with Gasteiger partial charge in [-0.05, 0) is 12.1 Å². The molecule has 0 spiro atoms. The van der Waals surface area contributed by atoms with E-state index in [0.29, 0.717) is 11.4 Å². The minimum atomic E-state index is -3.61. The van der Waals surface area contributed by atoms with Crippen LogP contribution in [0.5, 0.6) is 5.75 Å². The van der Waals surface area contributed by atoms with Gasteiger partial charge in [0.2, 0.25) is 0 Å². The maximum Gasteiger partial charge on any atom is 0.298 e. The molecule has 17 heavy (non-hydrogen) atoms. The normalized spacial score (nSPS) is 14.5. The Labute approximate surface area is 98.3 Å². The van der Waals surface area contributed by atoms with Gasteiger partial charge in [-0.15, -0.1) is 0 Å². The Morgan fingerprint density at radius 1 is 1.41 bits per heavy atom. The molecule has 0 aromatic heterocycles. The van der Waals surface area contributed by atoms with Gasteiger partial charge in [0, 0.05) is 7.05 Å². The molecule has 0 unspecified atom stereocenters. The highest BCUT2D eigenvalue weighted by Crippen LogP contribution is 2.35. The first-order valence-corrected chi connectivity index (χ1v) is 6.27. The molecule has 0 aliphatic carbocycles. The van der Waals surface area contributed by atoms with Gasteiger partial charge in [-0.2, -0.15) is 8.42 Å². The lowest BCUT2D eigenvalue weighted by molar-refractivity contribution is -0.118. The van der Waals surface area contributed by atoms with Crippen molar-refractivity contribution in [2.45, 2.75) is 0 Å². The summed E-state index contributed by atoms with van der Waals surface area (Å²) in [5, 5.41) is 2.58. The molecule has 92 valence electrons. The largest absolute Gasteiger partial charge is 0.479 e. The van der Waals surface area contributed by atoms with Gasteiger partial charge in [0.1, 0.15) is 0 Å². The topological polar surface area (TPSA) is 96.5 Å². The Bertz CT molecular complexity index is 555. The number of carbonyl (C=O) groups is 1. The standard InChI is InChI=1S/C9H11N3O4S/c1-10-17(14,15)12-7-4-2-3-6-9(7)16-5-8(13)11-6/h2-4,10,12H,5H2,1H3,(H,11,13). The van der Waals surface area contributed by atoms with Crippen LogP contribution in [0.25, 0.3) is 0 Å². The monoisotopic (exact) mass is 257 g/mol. The molecule has 8 heteroatoms. The third kappa shape index (κ3) is 2.48. The summed E-state index contributed by atoms with van der Waals surface area (Å²) in [5.74, 6) is 0.0389. The van der Waals surface area contributed by atoms with Gasteiger partial charge in [-0.3, -0.25) is 9.52 Å². The number of carbonyl (C=O) groups excluding carboxylic acids is 1. The fourth-order valence-corrected chi connectivity index (χ4v) is 1.94. The summed E-state index contributed by atoms with van der Waals surface area (Å²) >= 11 is 0. The first kappa shape index (κ1) is 11.7. The zero-order valence-electron chi connectivity index (χ0n) is 8.98. The van der Waals surface area contributed by atoms with Crippen LogP contribution in [0.4, 0.5) is 11.4 Å². The summed E-state index contributed by atoms with van der Waals surface area (Å²) in [7, 11) is -2.32. The number of rotatable bonds is 3. The van der Waals surface area contributed by atoms with Gasteiger partial charge >= 0.3 is 0 Å². The van der Waals surface area contributed by atoms with Crippen molar-refractivity contribution >= 4 is 27.5 Å². The molecular weight excluding hydrogens is 246 g/mol. The minimum Gasteiger partial charge on any atom is -0.479 e. The molecular formula is C9H11N3O4S.